The molecule has 2 heterocycles. The number of rotatable bonds is 5. The second kappa shape index (κ2) is 7.36. The Bertz CT molecular complexity index is 585. The highest BCUT2D eigenvalue weighted by Crippen LogP contribution is 2.25. The molecule has 0 radical (unpaired) electrons. The van der Waals surface area contributed by atoms with Crippen LogP contribution < -0.4 is 0 Å². The first kappa shape index (κ1) is 15.7. The SMILES string of the molecule is CO[C@H]1CN(Cc2cscn2)CC[C@@H]1Cc1cccc(C)c1. The van der Waals surface area contributed by atoms with Crippen molar-refractivity contribution in [1.29, 1.82) is 0 Å². The van der Waals surface area contributed by atoms with Gasteiger partial charge < -0.3 is 4.74 Å². The summed E-state index contributed by atoms with van der Waals surface area (Å²) in [6.45, 7) is 5.24. The molecule has 1 aromatic heterocycles. The molecule has 1 fully saturated rings. The fourth-order valence-corrected chi connectivity index (χ4v) is 3.91. The maximum absolute atomic E-state index is 5.80. The van der Waals surface area contributed by atoms with Gasteiger partial charge >= 0.3 is 0 Å². The zero-order valence-corrected chi connectivity index (χ0v) is 14.2. The van der Waals surface area contributed by atoms with Crippen LogP contribution in [0.2, 0.25) is 0 Å². The summed E-state index contributed by atoms with van der Waals surface area (Å²) in [4.78, 5) is 6.86. The van der Waals surface area contributed by atoms with E-state index in [0.717, 1.165) is 26.1 Å². The van der Waals surface area contributed by atoms with Crippen LogP contribution in [0.15, 0.2) is 35.2 Å². The number of methoxy groups -OCH3 is 1. The first-order chi connectivity index (χ1) is 10.7. The maximum Gasteiger partial charge on any atom is 0.0795 e. The van der Waals surface area contributed by atoms with Crippen LogP contribution in [0.25, 0.3) is 0 Å². The molecule has 3 nitrogen and oxygen atoms in total. The summed E-state index contributed by atoms with van der Waals surface area (Å²) in [7, 11) is 1.85. The van der Waals surface area contributed by atoms with E-state index in [1.807, 2.05) is 12.6 Å². The van der Waals surface area contributed by atoms with Gasteiger partial charge in [0.05, 0.1) is 17.3 Å². The molecule has 1 aliphatic rings. The normalized spacial score (nSPS) is 22.8. The Morgan fingerprint density at radius 1 is 1.41 bits per heavy atom. The third kappa shape index (κ3) is 3.94. The number of piperidine rings is 1. The Morgan fingerprint density at radius 2 is 2.32 bits per heavy atom. The van der Waals surface area contributed by atoms with E-state index in [9.17, 15) is 0 Å². The lowest BCUT2D eigenvalue weighted by molar-refractivity contribution is -0.0138. The highest BCUT2D eigenvalue weighted by Gasteiger charge is 2.29. The number of likely N-dealkylation sites (tertiary alicyclic amines) is 1. The third-order valence-corrected chi connectivity index (χ3v) is 5.17. The fourth-order valence-electron chi connectivity index (χ4n) is 3.36. The van der Waals surface area contributed by atoms with Crippen molar-refractivity contribution in [2.75, 3.05) is 20.2 Å². The maximum atomic E-state index is 5.80. The largest absolute Gasteiger partial charge is 0.380 e. The summed E-state index contributed by atoms with van der Waals surface area (Å²) in [5.74, 6) is 0.610. The Hall–Kier alpha value is -1.23. The van der Waals surface area contributed by atoms with Crippen LogP contribution in [-0.4, -0.2) is 36.2 Å². The zero-order chi connectivity index (χ0) is 15.4. The molecular formula is C18H24N2OS. The van der Waals surface area contributed by atoms with Crippen LogP contribution in [0.5, 0.6) is 0 Å². The van der Waals surface area contributed by atoms with Crippen LogP contribution in [0.3, 0.4) is 0 Å². The highest BCUT2D eigenvalue weighted by molar-refractivity contribution is 7.07. The van der Waals surface area contributed by atoms with Crippen molar-refractivity contribution in [1.82, 2.24) is 9.88 Å². The molecule has 118 valence electrons. The number of nitrogens with zero attached hydrogens (tertiary/aromatic N) is 2. The van der Waals surface area contributed by atoms with Gasteiger partial charge in [-0.3, -0.25) is 4.90 Å². The topological polar surface area (TPSA) is 25.4 Å². The van der Waals surface area contributed by atoms with Gasteiger partial charge in [0, 0.05) is 25.6 Å². The van der Waals surface area contributed by atoms with Crippen molar-refractivity contribution in [3.63, 3.8) is 0 Å². The van der Waals surface area contributed by atoms with Gasteiger partial charge in [-0.05, 0) is 37.8 Å². The van der Waals surface area contributed by atoms with E-state index < -0.39 is 0 Å². The fraction of sp³-hybridized carbons (Fsp3) is 0.500. The van der Waals surface area contributed by atoms with Crippen molar-refractivity contribution < 1.29 is 4.74 Å². The number of hydrogen-bond acceptors (Lipinski definition) is 4. The molecule has 0 bridgehead atoms. The van der Waals surface area contributed by atoms with Crippen LogP contribution in [0, 0.1) is 12.8 Å². The Balaban J connectivity index is 1.60. The second-order valence-electron chi connectivity index (χ2n) is 6.23. The molecular weight excluding hydrogens is 292 g/mol. The van der Waals surface area contributed by atoms with Gasteiger partial charge in [0.25, 0.3) is 0 Å². The van der Waals surface area contributed by atoms with Crippen LogP contribution >= 0.6 is 11.3 Å². The summed E-state index contributed by atoms with van der Waals surface area (Å²) < 4.78 is 5.80. The zero-order valence-electron chi connectivity index (χ0n) is 13.4. The number of aromatic nitrogens is 1. The first-order valence-corrected chi connectivity index (χ1v) is 8.86. The van der Waals surface area contributed by atoms with Crippen molar-refractivity contribution >= 4 is 11.3 Å². The van der Waals surface area contributed by atoms with E-state index in [0.29, 0.717) is 12.0 Å². The second-order valence-corrected chi connectivity index (χ2v) is 6.95. The molecule has 0 unspecified atom stereocenters. The van der Waals surface area contributed by atoms with Crippen LogP contribution in [0.4, 0.5) is 0 Å². The van der Waals surface area contributed by atoms with Gasteiger partial charge in [0.15, 0.2) is 0 Å². The average Bonchev–Trinajstić information content (AvgIpc) is 3.02. The van der Waals surface area contributed by atoms with Gasteiger partial charge in [-0.2, -0.15) is 0 Å². The molecule has 0 spiro atoms. The predicted molar refractivity (Wildman–Crippen MR) is 91.2 cm³/mol. The number of ether oxygens (including phenoxy) is 1. The van der Waals surface area contributed by atoms with E-state index >= 15 is 0 Å². The van der Waals surface area contributed by atoms with Gasteiger partial charge in [-0.15, -0.1) is 11.3 Å². The Morgan fingerprint density at radius 3 is 3.05 bits per heavy atom. The number of hydrogen-bond donors (Lipinski definition) is 0. The Kier molecular flexibility index (Phi) is 5.24. The van der Waals surface area contributed by atoms with Crippen molar-refractivity contribution in [3.8, 4) is 0 Å². The lowest BCUT2D eigenvalue weighted by atomic mass is 9.87. The number of thiazole rings is 1. The predicted octanol–water partition coefficient (Wildman–Crippen LogP) is 3.53. The van der Waals surface area contributed by atoms with Gasteiger partial charge in [0.2, 0.25) is 0 Å². The summed E-state index contributed by atoms with van der Waals surface area (Å²) in [5, 5.41) is 2.14. The molecule has 2 atom stereocenters. The smallest absolute Gasteiger partial charge is 0.0795 e. The molecule has 1 aromatic carbocycles. The van der Waals surface area contributed by atoms with Gasteiger partial charge in [-0.25, -0.2) is 4.98 Å². The molecule has 4 heteroatoms. The van der Waals surface area contributed by atoms with E-state index in [1.54, 1.807) is 11.3 Å². The summed E-state index contributed by atoms with van der Waals surface area (Å²) >= 11 is 1.67. The van der Waals surface area contributed by atoms with Crippen LogP contribution in [-0.2, 0) is 17.7 Å². The molecule has 3 rings (SSSR count). The summed E-state index contributed by atoms with van der Waals surface area (Å²) in [6, 6.07) is 8.85. The molecule has 0 saturated carbocycles. The average molecular weight is 316 g/mol. The van der Waals surface area contributed by atoms with Crippen molar-refractivity contribution in [2.24, 2.45) is 5.92 Å². The first-order valence-electron chi connectivity index (χ1n) is 7.92. The molecule has 1 saturated heterocycles. The highest BCUT2D eigenvalue weighted by atomic mass is 32.1. The Labute approximate surface area is 137 Å². The molecule has 2 aromatic rings. The third-order valence-electron chi connectivity index (χ3n) is 4.53. The van der Waals surface area contributed by atoms with E-state index in [2.05, 4.69) is 46.5 Å². The van der Waals surface area contributed by atoms with Gasteiger partial charge in [-0.1, -0.05) is 29.8 Å². The summed E-state index contributed by atoms with van der Waals surface area (Å²) in [6.07, 6.45) is 2.62. The lowest BCUT2D eigenvalue weighted by Crippen LogP contribution is -2.45. The number of aryl methyl sites for hydroxylation is 1. The quantitative estimate of drug-likeness (QED) is 0.844. The molecule has 0 aliphatic carbocycles. The van der Waals surface area contributed by atoms with E-state index in [1.165, 1.54) is 23.2 Å². The summed E-state index contributed by atoms with van der Waals surface area (Å²) in [5.41, 5.74) is 5.86. The molecule has 22 heavy (non-hydrogen) atoms. The minimum Gasteiger partial charge on any atom is -0.380 e. The lowest BCUT2D eigenvalue weighted by Gasteiger charge is -2.37. The van der Waals surface area contributed by atoms with Crippen molar-refractivity contribution in [3.05, 3.63) is 52.0 Å². The van der Waals surface area contributed by atoms with Crippen molar-refractivity contribution in [2.45, 2.75) is 32.4 Å². The van der Waals surface area contributed by atoms with Crippen LogP contribution in [0.1, 0.15) is 23.2 Å². The van der Waals surface area contributed by atoms with Gasteiger partial charge in [0.1, 0.15) is 0 Å². The number of benzene rings is 1. The van der Waals surface area contributed by atoms with E-state index in [-0.39, 0.29) is 0 Å². The minimum absolute atomic E-state index is 0.313. The molecule has 0 amide bonds. The van der Waals surface area contributed by atoms with E-state index in [4.69, 9.17) is 4.74 Å². The molecule has 0 N–H and O–H groups in total. The molecule has 1 aliphatic heterocycles. The monoisotopic (exact) mass is 316 g/mol. The standard InChI is InChI=1S/C18H24N2OS/c1-14-4-3-5-15(8-14)9-16-6-7-20(11-18(16)21-2)10-17-12-22-13-19-17/h3-5,8,12-13,16,18H,6-7,9-11H2,1-2H3/t16-,18+/m1/s1. The minimum atomic E-state index is 0.313.